The van der Waals surface area contributed by atoms with Crippen molar-refractivity contribution in [2.75, 3.05) is 0 Å². The van der Waals surface area contributed by atoms with Gasteiger partial charge in [0, 0.05) is 12.1 Å². The minimum Gasteiger partial charge on any atom is -0.402 e. The Bertz CT molecular complexity index is 159. The third kappa shape index (κ3) is 3.28. The maximum Gasteiger partial charge on any atom is 0.135 e. The van der Waals surface area contributed by atoms with Crippen molar-refractivity contribution in [2.45, 2.75) is 33.6 Å². The number of carbonyl (C=O) groups is 1. The van der Waals surface area contributed by atoms with Gasteiger partial charge in [-0.3, -0.25) is 4.79 Å². The van der Waals surface area contributed by atoms with Gasteiger partial charge in [0.1, 0.15) is 5.78 Å². The third-order valence-electron chi connectivity index (χ3n) is 1.52. The standard InChI is InChI=1S/C8H15NO/c1-4-6(2)8(9)5-7(3)10/h4-5,9H2,1-3H3. The van der Waals surface area contributed by atoms with E-state index in [9.17, 15) is 4.79 Å². The van der Waals surface area contributed by atoms with E-state index in [-0.39, 0.29) is 5.78 Å². The van der Waals surface area contributed by atoms with E-state index in [4.69, 9.17) is 5.73 Å². The molecule has 0 aromatic carbocycles. The van der Waals surface area contributed by atoms with Crippen LogP contribution in [0.4, 0.5) is 0 Å². The molecule has 58 valence electrons. The van der Waals surface area contributed by atoms with Crippen LogP contribution in [0.3, 0.4) is 0 Å². The van der Waals surface area contributed by atoms with Crippen LogP contribution in [-0.4, -0.2) is 5.78 Å². The van der Waals surface area contributed by atoms with Gasteiger partial charge in [0.2, 0.25) is 0 Å². The summed E-state index contributed by atoms with van der Waals surface area (Å²) in [4.78, 5) is 10.6. The van der Waals surface area contributed by atoms with Crippen molar-refractivity contribution in [1.82, 2.24) is 0 Å². The van der Waals surface area contributed by atoms with E-state index >= 15 is 0 Å². The average molecular weight is 141 g/mol. The fraction of sp³-hybridized carbons (Fsp3) is 0.625. The minimum atomic E-state index is 0.130. The molecule has 0 aromatic rings. The van der Waals surface area contributed by atoms with Crippen molar-refractivity contribution in [3.8, 4) is 0 Å². The molecule has 0 bridgehead atoms. The lowest BCUT2D eigenvalue weighted by Crippen LogP contribution is -2.05. The second kappa shape index (κ2) is 4.09. The van der Waals surface area contributed by atoms with E-state index < -0.39 is 0 Å². The molecule has 0 rings (SSSR count). The molecule has 10 heavy (non-hydrogen) atoms. The molecule has 0 radical (unpaired) electrons. The van der Waals surface area contributed by atoms with Crippen LogP contribution in [0, 0.1) is 0 Å². The van der Waals surface area contributed by atoms with Gasteiger partial charge in [0.15, 0.2) is 0 Å². The number of ketones is 1. The molecule has 2 heteroatoms. The number of Topliss-reactive ketones (excluding diaryl/α,β-unsaturated/α-hetero) is 1. The first-order valence-corrected chi connectivity index (χ1v) is 3.51. The molecule has 0 unspecified atom stereocenters. The summed E-state index contributed by atoms with van der Waals surface area (Å²) in [5.74, 6) is 0.130. The van der Waals surface area contributed by atoms with Crippen LogP contribution < -0.4 is 5.73 Å². The van der Waals surface area contributed by atoms with Gasteiger partial charge in [0.25, 0.3) is 0 Å². The zero-order valence-corrected chi connectivity index (χ0v) is 6.90. The van der Waals surface area contributed by atoms with E-state index in [1.807, 2.05) is 13.8 Å². The Hall–Kier alpha value is -0.790. The van der Waals surface area contributed by atoms with Gasteiger partial charge in [-0.1, -0.05) is 12.5 Å². The Labute approximate surface area is 62.1 Å². The number of carbonyl (C=O) groups excluding carboxylic acids is 1. The first-order chi connectivity index (χ1) is 4.57. The second-order valence-electron chi connectivity index (χ2n) is 2.54. The first kappa shape index (κ1) is 9.21. The predicted octanol–water partition coefficient (Wildman–Crippen LogP) is 1.61. The van der Waals surface area contributed by atoms with Crippen LogP contribution in [-0.2, 0) is 4.79 Å². The smallest absolute Gasteiger partial charge is 0.135 e. The summed E-state index contributed by atoms with van der Waals surface area (Å²) in [6, 6.07) is 0. The highest BCUT2D eigenvalue weighted by atomic mass is 16.1. The molecule has 0 aromatic heterocycles. The molecule has 0 amide bonds. The maximum atomic E-state index is 10.6. The van der Waals surface area contributed by atoms with Crippen LogP contribution in [0.2, 0.25) is 0 Å². The number of nitrogens with two attached hydrogens (primary N) is 1. The number of hydrogen-bond donors (Lipinski definition) is 1. The number of allylic oxidation sites excluding steroid dienone is 2. The molecule has 0 saturated carbocycles. The topological polar surface area (TPSA) is 43.1 Å². The zero-order chi connectivity index (χ0) is 8.15. The molecule has 0 fully saturated rings. The van der Waals surface area contributed by atoms with Crippen LogP contribution in [0.25, 0.3) is 0 Å². The Kier molecular flexibility index (Phi) is 3.77. The number of rotatable bonds is 3. The van der Waals surface area contributed by atoms with E-state index in [0.29, 0.717) is 6.42 Å². The molecule has 0 heterocycles. The summed E-state index contributed by atoms with van der Waals surface area (Å²) in [5, 5.41) is 0. The fourth-order valence-corrected chi connectivity index (χ4v) is 0.646. The maximum absolute atomic E-state index is 10.6. The lowest BCUT2D eigenvalue weighted by molar-refractivity contribution is -0.116. The Morgan fingerprint density at radius 2 is 1.90 bits per heavy atom. The zero-order valence-electron chi connectivity index (χ0n) is 6.90. The summed E-state index contributed by atoms with van der Waals surface area (Å²) in [6.45, 7) is 5.54. The summed E-state index contributed by atoms with van der Waals surface area (Å²) < 4.78 is 0. The van der Waals surface area contributed by atoms with Crippen molar-refractivity contribution in [3.63, 3.8) is 0 Å². The quantitative estimate of drug-likeness (QED) is 0.648. The lowest BCUT2D eigenvalue weighted by atomic mass is 10.1. The van der Waals surface area contributed by atoms with Crippen molar-refractivity contribution < 1.29 is 4.79 Å². The Morgan fingerprint density at radius 1 is 1.40 bits per heavy atom. The highest BCUT2D eigenvalue weighted by Crippen LogP contribution is 2.05. The molecule has 0 spiro atoms. The average Bonchev–Trinajstić information content (AvgIpc) is 1.85. The number of hydrogen-bond acceptors (Lipinski definition) is 2. The van der Waals surface area contributed by atoms with Crippen molar-refractivity contribution in [2.24, 2.45) is 5.73 Å². The molecular formula is C8H15NO. The van der Waals surface area contributed by atoms with Gasteiger partial charge in [-0.25, -0.2) is 0 Å². The van der Waals surface area contributed by atoms with E-state index in [2.05, 4.69) is 0 Å². The molecule has 0 aliphatic rings. The van der Waals surface area contributed by atoms with Gasteiger partial charge >= 0.3 is 0 Å². The normalized spacial score (nSPS) is 12.7. The van der Waals surface area contributed by atoms with Crippen LogP contribution in [0.5, 0.6) is 0 Å². The molecule has 0 atom stereocenters. The summed E-state index contributed by atoms with van der Waals surface area (Å²) >= 11 is 0. The van der Waals surface area contributed by atoms with Crippen molar-refractivity contribution in [1.29, 1.82) is 0 Å². The van der Waals surface area contributed by atoms with Crippen LogP contribution in [0.15, 0.2) is 11.3 Å². The third-order valence-corrected chi connectivity index (χ3v) is 1.52. The second-order valence-corrected chi connectivity index (χ2v) is 2.54. The molecule has 0 aliphatic heterocycles. The van der Waals surface area contributed by atoms with Crippen molar-refractivity contribution in [3.05, 3.63) is 11.3 Å². The molecule has 0 saturated heterocycles. The van der Waals surface area contributed by atoms with Gasteiger partial charge in [0.05, 0.1) is 0 Å². The highest BCUT2D eigenvalue weighted by Gasteiger charge is 1.98. The van der Waals surface area contributed by atoms with E-state index in [1.165, 1.54) is 0 Å². The largest absolute Gasteiger partial charge is 0.402 e. The monoisotopic (exact) mass is 141 g/mol. The SMILES string of the molecule is CCC(C)=C(N)CC(C)=O. The summed E-state index contributed by atoms with van der Waals surface area (Å²) in [5.41, 5.74) is 7.44. The van der Waals surface area contributed by atoms with Gasteiger partial charge < -0.3 is 5.73 Å². The van der Waals surface area contributed by atoms with Gasteiger partial charge in [-0.05, 0) is 20.3 Å². The Morgan fingerprint density at radius 3 is 2.20 bits per heavy atom. The summed E-state index contributed by atoms with van der Waals surface area (Å²) in [6.07, 6.45) is 1.33. The molecular weight excluding hydrogens is 126 g/mol. The lowest BCUT2D eigenvalue weighted by Gasteiger charge is -2.01. The minimum absolute atomic E-state index is 0.130. The first-order valence-electron chi connectivity index (χ1n) is 3.51. The van der Waals surface area contributed by atoms with Gasteiger partial charge in [-0.2, -0.15) is 0 Å². The van der Waals surface area contributed by atoms with E-state index in [1.54, 1.807) is 6.92 Å². The highest BCUT2D eigenvalue weighted by molar-refractivity contribution is 5.78. The fourth-order valence-electron chi connectivity index (χ4n) is 0.646. The molecule has 0 aliphatic carbocycles. The van der Waals surface area contributed by atoms with Crippen LogP contribution >= 0.6 is 0 Å². The molecule has 2 N–H and O–H groups in total. The summed E-state index contributed by atoms with van der Waals surface area (Å²) in [7, 11) is 0. The predicted molar refractivity (Wildman–Crippen MR) is 42.5 cm³/mol. The van der Waals surface area contributed by atoms with Gasteiger partial charge in [-0.15, -0.1) is 0 Å². The van der Waals surface area contributed by atoms with Crippen LogP contribution in [0.1, 0.15) is 33.6 Å². The molecule has 2 nitrogen and oxygen atoms in total. The van der Waals surface area contributed by atoms with Crippen molar-refractivity contribution >= 4 is 5.78 Å². The van der Waals surface area contributed by atoms with E-state index in [0.717, 1.165) is 17.7 Å². The Balaban J connectivity index is 4.04.